The zero-order valence-corrected chi connectivity index (χ0v) is 15.7. The van der Waals surface area contributed by atoms with Crippen LogP contribution in [0.25, 0.3) is 0 Å². The number of hydrogen-bond donors (Lipinski definition) is 0. The Morgan fingerprint density at radius 1 is 1.19 bits per heavy atom. The minimum Gasteiger partial charge on any atom is -0.691 e. The number of aryl methyl sites for hydroxylation is 1. The molecule has 5 nitrogen and oxygen atoms in total. The van der Waals surface area contributed by atoms with Crippen LogP contribution in [0.4, 0.5) is 8.78 Å². The number of rotatable bonds is 6. The van der Waals surface area contributed by atoms with Crippen molar-refractivity contribution in [3.05, 3.63) is 35.4 Å². The molecule has 4 bridgehead atoms. The summed E-state index contributed by atoms with van der Waals surface area (Å²) >= 11 is -0.630. The number of carbonyl (C=O) groups excluding carboxylic acids is 1. The van der Waals surface area contributed by atoms with Crippen molar-refractivity contribution < 1.29 is 32.9 Å². The fraction of sp³-hybridized carbons (Fsp3) is 0.632. The molecule has 4 fully saturated rings. The zero-order valence-electron chi connectivity index (χ0n) is 14.9. The second-order valence-electron chi connectivity index (χ2n) is 8.42. The van der Waals surface area contributed by atoms with E-state index in [-0.39, 0.29) is 5.41 Å². The number of benzene rings is 1. The summed E-state index contributed by atoms with van der Waals surface area (Å²) in [6.07, 6.45) is 4.85. The molecule has 4 aliphatic rings. The Morgan fingerprint density at radius 3 is 2.41 bits per heavy atom. The highest BCUT2D eigenvalue weighted by molar-refractivity contribution is 7.96. The zero-order chi connectivity index (χ0) is 19.3. The van der Waals surface area contributed by atoms with Crippen LogP contribution in [-0.4, -0.2) is 16.8 Å². The van der Waals surface area contributed by atoms with Crippen LogP contribution in [0, 0.1) is 18.8 Å². The molecule has 0 amide bonds. The van der Waals surface area contributed by atoms with Crippen LogP contribution in [0.15, 0.2) is 24.3 Å². The van der Waals surface area contributed by atoms with Crippen LogP contribution in [0.1, 0.15) is 49.7 Å². The van der Waals surface area contributed by atoms with E-state index in [0.29, 0.717) is 31.1 Å². The summed E-state index contributed by atoms with van der Waals surface area (Å²) in [4.78, 5) is 12.1. The second kappa shape index (κ2) is 6.69. The van der Waals surface area contributed by atoms with Crippen LogP contribution in [-0.2, 0) is 24.3 Å². The van der Waals surface area contributed by atoms with Crippen LogP contribution in [0.5, 0.6) is 0 Å². The molecule has 0 aromatic heterocycles. The van der Waals surface area contributed by atoms with Gasteiger partial charge in [0, 0.05) is 0 Å². The van der Waals surface area contributed by atoms with Crippen molar-refractivity contribution in [2.24, 2.45) is 11.8 Å². The van der Waals surface area contributed by atoms with Crippen molar-refractivity contribution in [3.63, 3.8) is 0 Å². The molecule has 2 atom stereocenters. The predicted octanol–water partition coefficient (Wildman–Crippen LogP) is 3.59. The Balaban J connectivity index is 1.58. The van der Waals surface area contributed by atoms with Crippen molar-refractivity contribution >= 4 is 18.0 Å². The van der Waals surface area contributed by atoms with Gasteiger partial charge in [-0.3, -0.25) is 5.04 Å². The Morgan fingerprint density at radius 2 is 1.81 bits per heavy atom. The average Bonchev–Trinajstić information content (AvgIpc) is 2.59. The minimum absolute atomic E-state index is 0.130. The molecule has 0 spiro atoms. The van der Waals surface area contributed by atoms with Gasteiger partial charge >= 0.3 is 11.2 Å². The third-order valence-electron chi connectivity index (χ3n) is 6.38. The van der Waals surface area contributed by atoms with Gasteiger partial charge in [-0.1, -0.05) is 29.8 Å². The molecule has 0 aliphatic heterocycles. The van der Waals surface area contributed by atoms with Gasteiger partial charge in [0.25, 0.3) is 0 Å². The quantitative estimate of drug-likeness (QED) is 0.315. The summed E-state index contributed by atoms with van der Waals surface area (Å²) in [5.74, 6) is -0.948. The van der Waals surface area contributed by atoms with E-state index in [9.17, 15) is 18.8 Å². The lowest BCUT2D eigenvalue weighted by Crippen LogP contribution is -2.59. The number of hydrogen-bond acceptors (Lipinski definition) is 6. The third-order valence-corrected chi connectivity index (χ3v) is 6.88. The van der Waals surface area contributed by atoms with Crippen LogP contribution in [0.3, 0.4) is 0 Å². The Kier molecular flexibility index (Phi) is 4.73. The highest BCUT2D eigenvalue weighted by Gasteiger charge is 2.61. The number of alkyl halides is 2. The lowest BCUT2D eigenvalue weighted by atomic mass is 9.46. The molecule has 148 valence electrons. The van der Waals surface area contributed by atoms with Gasteiger partial charge in [-0.2, -0.15) is 13.1 Å². The van der Waals surface area contributed by atoms with Gasteiger partial charge in [0.1, 0.15) is 17.6 Å². The van der Waals surface area contributed by atoms with Gasteiger partial charge in [0.05, 0.1) is 0 Å². The Labute approximate surface area is 160 Å². The maximum absolute atomic E-state index is 13.9. The maximum atomic E-state index is 13.9. The first-order valence-electron chi connectivity index (χ1n) is 9.09. The fourth-order valence-electron chi connectivity index (χ4n) is 5.89. The summed E-state index contributed by atoms with van der Waals surface area (Å²) in [6, 6.07) is 8.36. The molecule has 8 heteroatoms. The van der Waals surface area contributed by atoms with E-state index < -0.39 is 28.9 Å². The average molecular weight is 399 g/mol. The van der Waals surface area contributed by atoms with Gasteiger partial charge < -0.3 is 9.99 Å². The summed E-state index contributed by atoms with van der Waals surface area (Å²) in [7, 11) is 0. The topological polar surface area (TPSA) is 67.8 Å². The van der Waals surface area contributed by atoms with Crippen LogP contribution in [0.2, 0.25) is 0 Å². The molecular formula is C19H21F2O5S-. The van der Waals surface area contributed by atoms with Crippen molar-refractivity contribution in [1.29, 1.82) is 0 Å². The third kappa shape index (κ3) is 3.48. The molecule has 4 saturated carbocycles. The van der Waals surface area contributed by atoms with Gasteiger partial charge in [-0.25, -0.2) is 4.79 Å². The summed E-state index contributed by atoms with van der Waals surface area (Å²) in [6.45, 7) is 2.03. The van der Waals surface area contributed by atoms with Crippen molar-refractivity contribution in [2.45, 2.75) is 61.7 Å². The molecule has 0 radical (unpaired) electrons. The van der Waals surface area contributed by atoms with Crippen molar-refractivity contribution in [1.82, 2.24) is 0 Å². The van der Waals surface area contributed by atoms with E-state index in [1.165, 1.54) is 11.1 Å². The predicted molar refractivity (Wildman–Crippen MR) is 91.1 cm³/mol. The first-order chi connectivity index (χ1) is 12.8. The normalized spacial score (nSPS) is 34.7. The molecule has 4 aliphatic carbocycles. The van der Waals surface area contributed by atoms with Crippen molar-refractivity contribution in [2.75, 3.05) is 0 Å². The highest BCUT2D eigenvalue weighted by atomic mass is 32.2. The van der Waals surface area contributed by atoms with E-state index in [0.717, 1.165) is 19.3 Å². The monoisotopic (exact) mass is 399 g/mol. The van der Waals surface area contributed by atoms with E-state index in [2.05, 4.69) is 33.6 Å². The number of ether oxygens (including phenoxy) is 1. The summed E-state index contributed by atoms with van der Waals surface area (Å²) in [5.41, 5.74) is 1.36. The molecular weight excluding hydrogens is 378 g/mol. The van der Waals surface area contributed by atoms with E-state index in [1.807, 2.05) is 6.92 Å². The molecule has 27 heavy (non-hydrogen) atoms. The smallest absolute Gasteiger partial charge is 0.415 e. The van der Waals surface area contributed by atoms with Gasteiger partial charge in [0.2, 0.25) is 0 Å². The second-order valence-corrected chi connectivity index (χ2v) is 9.23. The molecule has 1 aromatic carbocycles. The molecule has 0 N–H and O–H groups in total. The highest BCUT2D eigenvalue weighted by Crippen LogP contribution is 2.63. The van der Waals surface area contributed by atoms with Gasteiger partial charge in [-0.05, 0) is 68.3 Å². The molecule has 2 unspecified atom stereocenters. The molecule has 0 heterocycles. The minimum atomic E-state index is -4.00. The van der Waals surface area contributed by atoms with Crippen LogP contribution >= 0.6 is 12.0 Å². The molecule has 1 aromatic rings. The first-order valence-corrected chi connectivity index (χ1v) is 9.83. The lowest BCUT2D eigenvalue weighted by molar-refractivity contribution is -0.777. The lowest BCUT2D eigenvalue weighted by Gasteiger charge is -2.61. The van der Waals surface area contributed by atoms with Crippen molar-refractivity contribution in [3.8, 4) is 0 Å². The number of esters is 1. The van der Waals surface area contributed by atoms with E-state index >= 15 is 0 Å². The summed E-state index contributed by atoms with van der Waals surface area (Å²) < 4.78 is 36.9. The Bertz CT molecular complexity index is 709. The molecule has 0 saturated heterocycles. The standard InChI is InChI=1S/C19H22F2O5S/c1-12-2-4-15(5-3-12)17-7-13-6-14(8-17)10-18(9-13,11-17)24-16(22)19(20,21)27-26-25-23/h2-5,13-14,23H,6-11H2,1H3/p-1. The largest absolute Gasteiger partial charge is 0.691 e. The fourth-order valence-corrected chi connectivity index (χ4v) is 6.11. The summed E-state index contributed by atoms with van der Waals surface area (Å²) in [5, 5.41) is 8.74. The number of halogens is 2. The number of carbonyl (C=O) groups is 1. The maximum Gasteiger partial charge on any atom is 0.415 e. The van der Waals surface area contributed by atoms with Gasteiger partial charge in [0.15, 0.2) is 0 Å². The van der Waals surface area contributed by atoms with Gasteiger partial charge in [-0.15, -0.1) is 0 Å². The van der Waals surface area contributed by atoms with E-state index in [4.69, 9.17) is 4.74 Å². The molecule has 5 rings (SSSR count). The Hall–Kier alpha value is -1.22. The van der Waals surface area contributed by atoms with E-state index in [1.54, 1.807) is 0 Å². The SMILES string of the molecule is Cc1ccc(C23CC4CC(CC(OC(=O)C(F)(F)SOO[O-])(C4)C2)C3)cc1. The van der Waals surface area contributed by atoms with Crippen LogP contribution < -0.4 is 5.26 Å². The first kappa shape index (κ1) is 19.1.